The average molecular weight is 165 g/mol. The second kappa shape index (κ2) is 22.4. The van der Waals surface area contributed by atoms with Crippen LogP contribution < -0.4 is 0 Å². The summed E-state index contributed by atoms with van der Waals surface area (Å²) in [7, 11) is 0. The van der Waals surface area contributed by atoms with Crippen molar-refractivity contribution < 1.29 is 0 Å². The van der Waals surface area contributed by atoms with Gasteiger partial charge in [-0.25, -0.2) is 19.1 Å². The van der Waals surface area contributed by atoms with Crippen molar-refractivity contribution in [1.29, 1.82) is 0 Å². The molecule has 0 saturated heterocycles. The van der Waals surface area contributed by atoms with E-state index in [1.807, 2.05) is 13.0 Å². The number of hydrogen-bond donors (Lipinski definition) is 0. The molecule has 0 aliphatic carbocycles. The van der Waals surface area contributed by atoms with E-state index in [9.17, 15) is 0 Å². The van der Waals surface area contributed by atoms with Crippen LogP contribution in [-0.2, 0) is 0 Å². The molecule has 0 saturated carbocycles. The maximum atomic E-state index is 3.72. The van der Waals surface area contributed by atoms with E-state index >= 15 is 0 Å². The van der Waals surface area contributed by atoms with Crippen molar-refractivity contribution >= 4 is 23.1 Å². The summed E-state index contributed by atoms with van der Waals surface area (Å²) in [6, 6.07) is 0. The van der Waals surface area contributed by atoms with E-state index in [2.05, 4.69) is 20.8 Å². The fourth-order valence-corrected chi connectivity index (χ4v) is 0.427. The zero-order valence-corrected chi connectivity index (χ0v) is 9.52. The van der Waals surface area contributed by atoms with Crippen molar-refractivity contribution in [2.75, 3.05) is 0 Å². The Balaban J connectivity index is -0.000000114. The largest absolute Gasteiger partial charge is 2.00 e. The van der Waals surface area contributed by atoms with Crippen LogP contribution >= 0.6 is 0 Å². The van der Waals surface area contributed by atoms with E-state index in [0.717, 1.165) is 6.42 Å². The molecule has 0 spiro atoms. The Kier molecular flexibility index (Phi) is 35.6. The molecule has 0 aromatic heterocycles. The minimum Gasteiger partial charge on any atom is -0.343 e. The van der Waals surface area contributed by atoms with E-state index in [4.69, 9.17) is 0 Å². The number of hydrogen-bond acceptors (Lipinski definition) is 0. The van der Waals surface area contributed by atoms with Gasteiger partial charge in [0, 0.05) is 0 Å². The quantitative estimate of drug-likeness (QED) is 0.341. The summed E-state index contributed by atoms with van der Waals surface area (Å²) in [5.74, 6) is 0. The van der Waals surface area contributed by atoms with Gasteiger partial charge in [-0.2, -0.15) is 6.42 Å². The van der Waals surface area contributed by atoms with Crippen LogP contribution in [0.15, 0.2) is 12.2 Å². The van der Waals surface area contributed by atoms with Crippen LogP contribution in [0.3, 0.4) is 0 Å². The Labute approximate surface area is 88.6 Å². The zero-order chi connectivity index (χ0) is 8.24. The van der Waals surface area contributed by atoms with Crippen molar-refractivity contribution in [2.45, 2.75) is 39.5 Å². The summed E-state index contributed by atoms with van der Waals surface area (Å²) in [6.45, 7) is 11.3. The predicted octanol–water partition coefficient (Wildman–Crippen LogP) is 3.42. The van der Waals surface area contributed by atoms with Gasteiger partial charge in [-0.3, -0.25) is 0 Å². The number of unbranched alkanes of at least 4 members (excludes halogenated alkanes) is 3. The monoisotopic (exact) mass is 164 g/mol. The molecule has 1 heteroatoms. The standard InChI is InChI=1S/C6H13.C4H7.Mg/c1-3-5-6-4-2;1-3-4-2;/h1,3-6H2,2H3;3-4H,1H2,2H3;/q2*-1;+2/b;4-3+;. The van der Waals surface area contributed by atoms with E-state index in [-0.39, 0.29) is 23.1 Å². The Morgan fingerprint density at radius 2 is 1.73 bits per heavy atom. The van der Waals surface area contributed by atoms with Crippen LogP contribution in [0.2, 0.25) is 0 Å². The summed E-state index contributed by atoms with van der Waals surface area (Å²) < 4.78 is 0. The first kappa shape index (κ1) is 17.5. The molecule has 0 bridgehead atoms. The molecule has 11 heavy (non-hydrogen) atoms. The van der Waals surface area contributed by atoms with Crippen molar-refractivity contribution in [3.8, 4) is 0 Å². The number of allylic oxidation sites excluding steroid dienone is 2. The molecule has 0 nitrogen and oxygen atoms in total. The maximum Gasteiger partial charge on any atom is 2.00 e. The normalized spacial score (nSPS) is 8.27. The molecule has 0 aromatic rings. The Morgan fingerprint density at radius 1 is 1.27 bits per heavy atom. The van der Waals surface area contributed by atoms with Gasteiger partial charge in [-0.1, -0.05) is 26.2 Å². The van der Waals surface area contributed by atoms with Crippen LogP contribution in [0.1, 0.15) is 39.5 Å². The van der Waals surface area contributed by atoms with Gasteiger partial charge in [-0.05, 0) is 0 Å². The molecule has 0 radical (unpaired) electrons. The molecule has 0 aliphatic rings. The first-order valence-corrected chi connectivity index (χ1v) is 4.03. The minimum atomic E-state index is 0. The van der Waals surface area contributed by atoms with Crippen LogP contribution in [0.4, 0.5) is 0 Å². The first-order valence-electron chi connectivity index (χ1n) is 4.03. The Hall–Kier alpha value is 0.376. The molecule has 0 aliphatic heterocycles. The van der Waals surface area contributed by atoms with Gasteiger partial charge in [0.15, 0.2) is 0 Å². The van der Waals surface area contributed by atoms with Gasteiger partial charge in [0.25, 0.3) is 0 Å². The first-order chi connectivity index (χ1) is 4.83. The van der Waals surface area contributed by atoms with Gasteiger partial charge in [-0.15, -0.1) is 6.92 Å². The van der Waals surface area contributed by atoms with Crippen LogP contribution in [-0.4, -0.2) is 23.1 Å². The third kappa shape index (κ3) is 38.0. The van der Waals surface area contributed by atoms with Crippen molar-refractivity contribution in [3.63, 3.8) is 0 Å². The van der Waals surface area contributed by atoms with Crippen LogP contribution in [0, 0.1) is 13.8 Å². The maximum absolute atomic E-state index is 3.72. The second-order valence-electron chi connectivity index (χ2n) is 2.13. The average Bonchev–Trinajstić information content (AvgIpc) is 2.01. The summed E-state index contributed by atoms with van der Waals surface area (Å²) >= 11 is 0. The predicted molar refractivity (Wildman–Crippen MR) is 55.4 cm³/mol. The summed E-state index contributed by atoms with van der Waals surface area (Å²) in [5.41, 5.74) is 0. The smallest absolute Gasteiger partial charge is 0.343 e. The van der Waals surface area contributed by atoms with Gasteiger partial charge in [0.1, 0.15) is 0 Å². The fraction of sp³-hybridized carbons (Fsp3) is 0.600. The molecule has 0 aromatic carbocycles. The molecule has 62 valence electrons. The van der Waals surface area contributed by atoms with Gasteiger partial charge >= 0.3 is 23.1 Å². The molecule has 0 atom stereocenters. The number of rotatable bonds is 3. The Bertz CT molecular complexity index is 49.9. The molecule has 0 N–H and O–H groups in total. The van der Waals surface area contributed by atoms with Crippen molar-refractivity contribution in [3.05, 3.63) is 26.0 Å². The van der Waals surface area contributed by atoms with E-state index in [1.54, 1.807) is 6.08 Å². The Morgan fingerprint density at radius 3 is 1.82 bits per heavy atom. The summed E-state index contributed by atoms with van der Waals surface area (Å²) in [6.07, 6.45) is 8.71. The van der Waals surface area contributed by atoms with Gasteiger partial charge in [0.2, 0.25) is 0 Å². The molecular formula is C10H20Mg. The van der Waals surface area contributed by atoms with Gasteiger partial charge < -0.3 is 6.92 Å². The van der Waals surface area contributed by atoms with Crippen molar-refractivity contribution in [2.24, 2.45) is 0 Å². The third-order valence-electron chi connectivity index (χ3n) is 1.09. The molecule has 0 unspecified atom stereocenters. The summed E-state index contributed by atoms with van der Waals surface area (Å²) in [5, 5.41) is 0. The molecule has 0 fully saturated rings. The van der Waals surface area contributed by atoms with E-state index < -0.39 is 0 Å². The fourth-order valence-electron chi connectivity index (χ4n) is 0.427. The zero-order valence-electron chi connectivity index (χ0n) is 8.10. The summed E-state index contributed by atoms with van der Waals surface area (Å²) in [4.78, 5) is 0. The van der Waals surface area contributed by atoms with Gasteiger partial charge in [0.05, 0.1) is 0 Å². The third-order valence-corrected chi connectivity index (χ3v) is 1.09. The molecular weight excluding hydrogens is 144 g/mol. The van der Waals surface area contributed by atoms with Crippen LogP contribution in [0.25, 0.3) is 0 Å². The molecule has 0 heterocycles. The minimum absolute atomic E-state index is 0. The second-order valence-corrected chi connectivity index (χ2v) is 2.13. The topological polar surface area (TPSA) is 0 Å². The van der Waals surface area contributed by atoms with Crippen molar-refractivity contribution in [1.82, 2.24) is 0 Å². The SMILES string of the molecule is [CH2-]/C=C/C.[CH2-]CCCCC.[Mg+2]. The molecule has 0 amide bonds. The molecule has 0 rings (SSSR count). The van der Waals surface area contributed by atoms with E-state index in [0.29, 0.717) is 0 Å². The van der Waals surface area contributed by atoms with Crippen LogP contribution in [0.5, 0.6) is 0 Å². The van der Waals surface area contributed by atoms with E-state index in [1.165, 1.54) is 19.3 Å².